The molecule has 0 atom stereocenters. The normalized spacial score (nSPS) is 10.1. The molecular weight excluding hydrogens is 264 g/mol. The van der Waals surface area contributed by atoms with E-state index in [1.165, 1.54) is 0 Å². The Morgan fingerprint density at radius 3 is 2.05 bits per heavy atom. The van der Waals surface area contributed by atoms with Gasteiger partial charge in [0, 0.05) is 0 Å². The number of carboxylic acids is 1. The van der Waals surface area contributed by atoms with E-state index < -0.39 is 5.97 Å². The molecule has 2 aromatic rings. The van der Waals surface area contributed by atoms with Gasteiger partial charge >= 0.3 is 5.97 Å². The summed E-state index contributed by atoms with van der Waals surface area (Å²) in [7, 11) is 0. The zero-order chi connectivity index (χ0) is 15.2. The molecule has 0 aromatic heterocycles. The fourth-order valence-corrected chi connectivity index (χ4v) is 1.95. The van der Waals surface area contributed by atoms with Crippen molar-refractivity contribution in [2.75, 3.05) is 6.61 Å². The van der Waals surface area contributed by atoms with Crippen LogP contribution in [-0.4, -0.2) is 17.7 Å². The molecule has 0 radical (unpaired) electrons. The van der Waals surface area contributed by atoms with Crippen LogP contribution in [0.4, 0.5) is 0 Å². The van der Waals surface area contributed by atoms with Crippen LogP contribution in [0, 0.1) is 0 Å². The summed E-state index contributed by atoms with van der Waals surface area (Å²) >= 11 is 0. The van der Waals surface area contributed by atoms with Crippen molar-refractivity contribution in [2.24, 2.45) is 0 Å². The first-order chi connectivity index (χ1) is 10.1. The summed E-state index contributed by atoms with van der Waals surface area (Å²) in [5.41, 5.74) is 2.81. The molecule has 0 aliphatic rings. The van der Waals surface area contributed by atoms with Gasteiger partial charge in [0.05, 0.1) is 12.2 Å². The molecule has 0 saturated carbocycles. The van der Waals surface area contributed by atoms with Crippen molar-refractivity contribution in [2.45, 2.75) is 13.3 Å². The molecular formula is C18H18O3. The summed E-state index contributed by atoms with van der Waals surface area (Å²) in [4.78, 5) is 10.9. The molecule has 0 spiro atoms. The molecule has 2 rings (SSSR count). The molecule has 0 aliphatic heterocycles. The number of carboxylic acid groups (broad SMARTS) is 1. The lowest BCUT2D eigenvalue weighted by atomic mass is 10.0. The molecule has 0 saturated heterocycles. The van der Waals surface area contributed by atoms with Crippen LogP contribution in [0.15, 0.2) is 55.1 Å². The second-order valence-corrected chi connectivity index (χ2v) is 4.73. The zero-order valence-electron chi connectivity index (χ0n) is 12.0. The lowest BCUT2D eigenvalue weighted by molar-refractivity contribution is -0.130. The van der Waals surface area contributed by atoms with Crippen molar-refractivity contribution < 1.29 is 14.6 Å². The molecule has 2 aromatic carbocycles. The molecule has 3 heteroatoms. The van der Waals surface area contributed by atoms with Crippen LogP contribution in [0.1, 0.15) is 18.9 Å². The fraction of sp³-hybridized carbons (Fsp3) is 0.167. The molecule has 1 N–H and O–H groups in total. The zero-order valence-corrected chi connectivity index (χ0v) is 12.0. The second-order valence-electron chi connectivity index (χ2n) is 4.73. The number of rotatable bonds is 6. The summed E-state index contributed by atoms with van der Waals surface area (Å²) in [6.07, 6.45) is 0.983. The number of hydrogen-bond donors (Lipinski definition) is 1. The second kappa shape index (κ2) is 6.75. The Kier molecular flexibility index (Phi) is 4.77. The van der Waals surface area contributed by atoms with E-state index in [0.717, 1.165) is 23.3 Å². The van der Waals surface area contributed by atoms with Crippen LogP contribution in [-0.2, 0) is 4.79 Å². The average molecular weight is 282 g/mol. The number of ether oxygens (including phenoxy) is 1. The number of carbonyl (C=O) groups is 1. The van der Waals surface area contributed by atoms with Gasteiger partial charge in [-0.25, -0.2) is 4.79 Å². The van der Waals surface area contributed by atoms with Crippen LogP contribution in [0.25, 0.3) is 16.7 Å². The molecule has 0 amide bonds. The Morgan fingerprint density at radius 2 is 1.57 bits per heavy atom. The Labute approximate surface area is 124 Å². The van der Waals surface area contributed by atoms with Gasteiger partial charge in [-0.1, -0.05) is 49.9 Å². The first-order valence-electron chi connectivity index (χ1n) is 6.87. The van der Waals surface area contributed by atoms with Gasteiger partial charge in [0.1, 0.15) is 5.75 Å². The highest BCUT2D eigenvalue weighted by atomic mass is 16.5. The number of hydrogen-bond acceptors (Lipinski definition) is 2. The Bertz CT molecular complexity index is 625. The van der Waals surface area contributed by atoms with Gasteiger partial charge in [0.25, 0.3) is 0 Å². The highest BCUT2D eigenvalue weighted by molar-refractivity contribution is 6.14. The SMILES string of the molecule is C=C(C(=O)O)c1ccc(-c2ccc(OCCC)cc2)cc1. The van der Waals surface area contributed by atoms with E-state index >= 15 is 0 Å². The highest BCUT2D eigenvalue weighted by Gasteiger charge is 2.07. The monoisotopic (exact) mass is 282 g/mol. The molecule has 0 aliphatic carbocycles. The van der Waals surface area contributed by atoms with E-state index in [4.69, 9.17) is 9.84 Å². The molecule has 21 heavy (non-hydrogen) atoms. The van der Waals surface area contributed by atoms with Gasteiger partial charge in [-0.2, -0.15) is 0 Å². The van der Waals surface area contributed by atoms with E-state index in [2.05, 4.69) is 13.5 Å². The average Bonchev–Trinajstić information content (AvgIpc) is 2.53. The molecule has 0 bridgehead atoms. The van der Waals surface area contributed by atoms with Crippen molar-refractivity contribution in [1.29, 1.82) is 0 Å². The predicted molar refractivity (Wildman–Crippen MR) is 84.3 cm³/mol. The van der Waals surface area contributed by atoms with Crippen LogP contribution >= 0.6 is 0 Å². The lowest BCUT2D eigenvalue weighted by Crippen LogP contribution is -1.97. The van der Waals surface area contributed by atoms with Crippen molar-refractivity contribution in [1.82, 2.24) is 0 Å². The topological polar surface area (TPSA) is 46.5 Å². The van der Waals surface area contributed by atoms with Gasteiger partial charge in [-0.15, -0.1) is 0 Å². The summed E-state index contributed by atoms with van der Waals surface area (Å²) in [5, 5.41) is 8.91. The Morgan fingerprint density at radius 1 is 1.05 bits per heavy atom. The van der Waals surface area contributed by atoms with Crippen molar-refractivity contribution in [3.8, 4) is 16.9 Å². The summed E-state index contributed by atoms with van der Waals surface area (Å²) in [6.45, 7) is 6.33. The maximum absolute atomic E-state index is 10.9. The van der Waals surface area contributed by atoms with Crippen molar-refractivity contribution in [3.63, 3.8) is 0 Å². The minimum atomic E-state index is -1.000. The van der Waals surface area contributed by atoms with E-state index in [0.29, 0.717) is 12.2 Å². The number of benzene rings is 2. The summed E-state index contributed by atoms with van der Waals surface area (Å²) in [6, 6.07) is 15.2. The van der Waals surface area contributed by atoms with Crippen molar-refractivity contribution >= 4 is 11.5 Å². The minimum Gasteiger partial charge on any atom is -0.494 e. The van der Waals surface area contributed by atoms with E-state index in [-0.39, 0.29) is 5.57 Å². The van der Waals surface area contributed by atoms with Crippen LogP contribution in [0.5, 0.6) is 5.75 Å². The van der Waals surface area contributed by atoms with Gasteiger partial charge < -0.3 is 9.84 Å². The molecule has 108 valence electrons. The predicted octanol–water partition coefficient (Wildman–Crippen LogP) is 4.24. The van der Waals surface area contributed by atoms with Crippen molar-refractivity contribution in [3.05, 3.63) is 60.7 Å². The Hall–Kier alpha value is -2.55. The van der Waals surface area contributed by atoms with E-state index in [1.54, 1.807) is 12.1 Å². The third kappa shape index (κ3) is 3.72. The van der Waals surface area contributed by atoms with Crippen LogP contribution in [0.3, 0.4) is 0 Å². The number of aliphatic carboxylic acids is 1. The third-order valence-corrected chi connectivity index (χ3v) is 3.15. The smallest absolute Gasteiger partial charge is 0.335 e. The molecule has 0 unspecified atom stereocenters. The molecule has 0 heterocycles. The maximum Gasteiger partial charge on any atom is 0.335 e. The van der Waals surface area contributed by atoms with Crippen LogP contribution in [0.2, 0.25) is 0 Å². The lowest BCUT2D eigenvalue weighted by Gasteiger charge is -2.07. The molecule has 3 nitrogen and oxygen atoms in total. The standard InChI is InChI=1S/C18H18O3/c1-3-12-21-17-10-8-16(9-11-17)15-6-4-14(5-7-15)13(2)18(19)20/h4-11H,2-3,12H2,1H3,(H,19,20). The summed E-state index contributed by atoms with van der Waals surface area (Å²) in [5.74, 6) is -0.142. The first-order valence-corrected chi connectivity index (χ1v) is 6.87. The van der Waals surface area contributed by atoms with E-state index in [9.17, 15) is 4.79 Å². The largest absolute Gasteiger partial charge is 0.494 e. The quantitative estimate of drug-likeness (QED) is 0.806. The van der Waals surface area contributed by atoms with Gasteiger partial charge in [0.2, 0.25) is 0 Å². The van der Waals surface area contributed by atoms with Gasteiger partial charge in [0.15, 0.2) is 0 Å². The van der Waals surface area contributed by atoms with Gasteiger partial charge in [-0.3, -0.25) is 0 Å². The minimum absolute atomic E-state index is 0.102. The maximum atomic E-state index is 10.9. The van der Waals surface area contributed by atoms with E-state index in [1.807, 2.05) is 36.4 Å². The first kappa shape index (κ1) is 14.9. The highest BCUT2D eigenvalue weighted by Crippen LogP contribution is 2.24. The fourth-order valence-electron chi connectivity index (χ4n) is 1.95. The Balaban J connectivity index is 2.15. The van der Waals surface area contributed by atoms with Crippen LogP contribution < -0.4 is 4.74 Å². The summed E-state index contributed by atoms with van der Waals surface area (Å²) < 4.78 is 5.55. The molecule has 0 fully saturated rings. The van der Waals surface area contributed by atoms with Gasteiger partial charge in [-0.05, 0) is 35.2 Å². The third-order valence-electron chi connectivity index (χ3n) is 3.15.